The number of likely N-dealkylation sites (tertiary alicyclic amines) is 1. The van der Waals surface area contributed by atoms with Gasteiger partial charge in [-0.05, 0) is 50.5 Å². The van der Waals surface area contributed by atoms with Gasteiger partial charge in [0.15, 0.2) is 0 Å². The van der Waals surface area contributed by atoms with Crippen molar-refractivity contribution in [2.75, 3.05) is 26.7 Å². The summed E-state index contributed by atoms with van der Waals surface area (Å²) in [4.78, 5) is 2.36. The predicted molar refractivity (Wildman–Crippen MR) is 70.1 cm³/mol. The SMILES string of the molecule is CN1CCCC(C(CN)c2ccccc2O)C1. The Morgan fingerprint density at radius 3 is 2.88 bits per heavy atom. The second-order valence-electron chi connectivity index (χ2n) is 5.07. The van der Waals surface area contributed by atoms with Gasteiger partial charge in [-0.3, -0.25) is 0 Å². The number of para-hydroxylation sites is 1. The summed E-state index contributed by atoms with van der Waals surface area (Å²) in [5.41, 5.74) is 6.93. The molecule has 3 N–H and O–H groups in total. The minimum atomic E-state index is 0.277. The zero-order chi connectivity index (χ0) is 12.3. The van der Waals surface area contributed by atoms with Gasteiger partial charge in [0, 0.05) is 12.5 Å². The topological polar surface area (TPSA) is 49.5 Å². The van der Waals surface area contributed by atoms with Crippen molar-refractivity contribution in [1.82, 2.24) is 4.90 Å². The van der Waals surface area contributed by atoms with Crippen LogP contribution in [0.25, 0.3) is 0 Å². The van der Waals surface area contributed by atoms with Crippen molar-refractivity contribution in [2.45, 2.75) is 18.8 Å². The van der Waals surface area contributed by atoms with Crippen LogP contribution in [0, 0.1) is 5.92 Å². The minimum Gasteiger partial charge on any atom is -0.508 e. The largest absolute Gasteiger partial charge is 0.508 e. The molecule has 94 valence electrons. The molecule has 0 amide bonds. The molecule has 1 heterocycles. The molecule has 0 saturated carbocycles. The van der Waals surface area contributed by atoms with Crippen molar-refractivity contribution in [1.29, 1.82) is 0 Å². The van der Waals surface area contributed by atoms with Crippen LogP contribution in [0.15, 0.2) is 24.3 Å². The molecule has 2 unspecified atom stereocenters. The van der Waals surface area contributed by atoms with Crippen molar-refractivity contribution >= 4 is 0 Å². The first-order valence-electron chi connectivity index (χ1n) is 6.39. The second kappa shape index (κ2) is 5.52. The van der Waals surface area contributed by atoms with Gasteiger partial charge in [0.05, 0.1) is 0 Å². The predicted octanol–water partition coefficient (Wildman–Crippen LogP) is 1.78. The van der Waals surface area contributed by atoms with Crippen LogP contribution < -0.4 is 5.73 Å². The van der Waals surface area contributed by atoms with Gasteiger partial charge in [-0.15, -0.1) is 0 Å². The van der Waals surface area contributed by atoms with E-state index < -0.39 is 0 Å². The van der Waals surface area contributed by atoms with E-state index in [0.29, 0.717) is 18.2 Å². The van der Waals surface area contributed by atoms with E-state index in [1.165, 1.54) is 19.4 Å². The number of aromatic hydroxyl groups is 1. The molecule has 0 aromatic heterocycles. The van der Waals surface area contributed by atoms with E-state index in [0.717, 1.165) is 12.1 Å². The Hall–Kier alpha value is -1.06. The van der Waals surface area contributed by atoms with E-state index in [1.807, 2.05) is 18.2 Å². The third kappa shape index (κ3) is 2.79. The van der Waals surface area contributed by atoms with Crippen molar-refractivity contribution in [3.63, 3.8) is 0 Å². The summed E-state index contributed by atoms with van der Waals surface area (Å²) in [7, 11) is 2.16. The lowest BCUT2D eigenvalue weighted by Crippen LogP contribution is -2.37. The molecule has 0 spiro atoms. The van der Waals surface area contributed by atoms with Gasteiger partial charge in [-0.25, -0.2) is 0 Å². The van der Waals surface area contributed by atoms with Crippen LogP contribution in [-0.2, 0) is 0 Å². The lowest BCUT2D eigenvalue weighted by Gasteiger charge is -2.35. The summed E-state index contributed by atoms with van der Waals surface area (Å²) in [6.07, 6.45) is 2.44. The number of nitrogens with zero attached hydrogens (tertiary/aromatic N) is 1. The molecule has 1 fully saturated rings. The van der Waals surface area contributed by atoms with Crippen LogP contribution in [0.4, 0.5) is 0 Å². The van der Waals surface area contributed by atoms with Gasteiger partial charge in [0.25, 0.3) is 0 Å². The maximum absolute atomic E-state index is 9.94. The smallest absolute Gasteiger partial charge is 0.119 e. The van der Waals surface area contributed by atoms with E-state index in [2.05, 4.69) is 11.9 Å². The molecule has 1 saturated heterocycles. The fourth-order valence-corrected chi connectivity index (χ4v) is 2.91. The maximum Gasteiger partial charge on any atom is 0.119 e. The lowest BCUT2D eigenvalue weighted by molar-refractivity contribution is 0.187. The van der Waals surface area contributed by atoms with Crippen molar-refractivity contribution < 1.29 is 5.11 Å². The molecule has 2 rings (SSSR count). The average molecular weight is 234 g/mol. The second-order valence-corrected chi connectivity index (χ2v) is 5.07. The molecule has 0 radical (unpaired) electrons. The Kier molecular flexibility index (Phi) is 4.02. The highest BCUT2D eigenvalue weighted by molar-refractivity contribution is 5.35. The lowest BCUT2D eigenvalue weighted by atomic mass is 9.81. The highest BCUT2D eigenvalue weighted by atomic mass is 16.3. The Morgan fingerprint density at radius 2 is 2.24 bits per heavy atom. The Balaban J connectivity index is 2.18. The Morgan fingerprint density at radius 1 is 1.47 bits per heavy atom. The molecular weight excluding hydrogens is 212 g/mol. The van der Waals surface area contributed by atoms with Crippen molar-refractivity contribution in [3.05, 3.63) is 29.8 Å². The number of piperidine rings is 1. The maximum atomic E-state index is 9.94. The quantitative estimate of drug-likeness (QED) is 0.838. The molecule has 1 aliphatic rings. The Bertz CT molecular complexity index is 367. The first-order chi connectivity index (χ1) is 8.22. The molecule has 1 aromatic carbocycles. The summed E-state index contributed by atoms with van der Waals surface area (Å²) >= 11 is 0. The Labute approximate surface area is 103 Å². The molecule has 0 aliphatic carbocycles. The van der Waals surface area contributed by atoms with E-state index in [4.69, 9.17) is 5.73 Å². The van der Waals surface area contributed by atoms with Crippen LogP contribution >= 0.6 is 0 Å². The number of rotatable bonds is 3. The van der Waals surface area contributed by atoms with E-state index in [1.54, 1.807) is 6.07 Å². The summed E-state index contributed by atoms with van der Waals surface area (Å²) < 4.78 is 0. The van der Waals surface area contributed by atoms with Crippen LogP contribution in [0.2, 0.25) is 0 Å². The molecule has 17 heavy (non-hydrogen) atoms. The number of hydrogen-bond donors (Lipinski definition) is 2. The molecular formula is C14H22N2O. The zero-order valence-corrected chi connectivity index (χ0v) is 10.5. The normalized spacial score (nSPS) is 23.5. The first-order valence-corrected chi connectivity index (χ1v) is 6.39. The van der Waals surface area contributed by atoms with Gasteiger partial charge < -0.3 is 15.7 Å². The number of benzene rings is 1. The van der Waals surface area contributed by atoms with E-state index in [9.17, 15) is 5.11 Å². The van der Waals surface area contributed by atoms with Gasteiger partial charge >= 0.3 is 0 Å². The molecule has 3 heteroatoms. The van der Waals surface area contributed by atoms with Crippen LogP contribution in [0.3, 0.4) is 0 Å². The van der Waals surface area contributed by atoms with E-state index in [-0.39, 0.29) is 5.92 Å². The first kappa shape index (κ1) is 12.4. The van der Waals surface area contributed by atoms with Gasteiger partial charge in [-0.2, -0.15) is 0 Å². The van der Waals surface area contributed by atoms with Crippen LogP contribution in [-0.4, -0.2) is 36.7 Å². The van der Waals surface area contributed by atoms with Crippen LogP contribution in [0.1, 0.15) is 24.3 Å². The standard InChI is InChI=1S/C14H22N2O/c1-16-8-4-5-11(10-16)13(9-15)12-6-2-3-7-14(12)17/h2-3,6-7,11,13,17H,4-5,8-10,15H2,1H3. The fraction of sp³-hybridized carbons (Fsp3) is 0.571. The van der Waals surface area contributed by atoms with Crippen molar-refractivity contribution in [3.8, 4) is 5.75 Å². The number of phenolic OH excluding ortho intramolecular Hbond substituents is 1. The van der Waals surface area contributed by atoms with Gasteiger partial charge in [0.1, 0.15) is 5.75 Å². The molecule has 2 atom stereocenters. The summed E-state index contributed by atoms with van der Waals surface area (Å²) in [6, 6.07) is 7.59. The number of phenols is 1. The fourth-order valence-electron chi connectivity index (χ4n) is 2.91. The monoisotopic (exact) mass is 234 g/mol. The molecule has 0 bridgehead atoms. The zero-order valence-electron chi connectivity index (χ0n) is 10.5. The van der Waals surface area contributed by atoms with Gasteiger partial charge in [0.2, 0.25) is 0 Å². The van der Waals surface area contributed by atoms with Crippen LogP contribution in [0.5, 0.6) is 5.75 Å². The number of hydrogen-bond acceptors (Lipinski definition) is 3. The van der Waals surface area contributed by atoms with E-state index >= 15 is 0 Å². The molecule has 1 aliphatic heterocycles. The number of nitrogens with two attached hydrogens (primary N) is 1. The third-order valence-corrected chi connectivity index (χ3v) is 3.82. The highest BCUT2D eigenvalue weighted by Gasteiger charge is 2.27. The van der Waals surface area contributed by atoms with Gasteiger partial charge in [-0.1, -0.05) is 18.2 Å². The minimum absolute atomic E-state index is 0.277. The summed E-state index contributed by atoms with van der Waals surface area (Å²) in [5, 5.41) is 9.94. The highest BCUT2D eigenvalue weighted by Crippen LogP contribution is 2.34. The third-order valence-electron chi connectivity index (χ3n) is 3.82. The average Bonchev–Trinajstić information content (AvgIpc) is 2.33. The van der Waals surface area contributed by atoms with Crippen molar-refractivity contribution in [2.24, 2.45) is 11.7 Å². The summed E-state index contributed by atoms with van der Waals surface area (Å²) in [5.74, 6) is 1.22. The molecule has 1 aromatic rings. The summed E-state index contributed by atoms with van der Waals surface area (Å²) in [6.45, 7) is 2.86. The molecule has 3 nitrogen and oxygen atoms in total.